The SMILES string of the molecule is C[C@H](NC(=O)C=Cc1ccc(Cl)cc1)c1cccc(Oc2cnccn2)c1. The Hall–Kier alpha value is -3.18. The highest BCUT2D eigenvalue weighted by Gasteiger charge is 2.09. The lowest BCUT2D eigenvalue weighted by atomic mass is 10.1. The van der Waals surface area contributed by atoms with Crippen LogP contribution in [0.5, 0.6) is 11.6 Å². The first-order valence-corrected chi connectivity index (χ1v) is 8.76. The number of hydrogen-bond acceptors (Lipinski definition) is 4. The molecule has 3 aromatic rings. The third kappa shape index (κ3) is 5.66. The van der Waals surface area contributed by atoms with Crippen LogP contribution in [0.2, 0.25) is 5.02 Å². The third-order valence-electron chi connectivity index (χ3n) is 3.78. The quantitative estimate of drug-likeness (QED) is 0.624. The van der Waals surface area contributed by atoms with Crippen molar-refractivity contribution < 1.29 is 9.53 Å². The van der Waals surface area contributed by atoms with Gasteiger partial charge in [-0.05, 0) is 48.4 Å². The largest absolute Gasteiger partial charge is 0.437 e. The zero-order chi connectivity index (χ0) is 19.1. The van der Waals surface area contributed by atoms with E-state index in [0.29, 0.717) is 16.7 Å². The first-order valence-electron chi connectivity index (χ1n) is 8.38. The van der Waals surface area contributed by atoms with E-state index >= 15 is 0 Å². The first kappa shape index (κ1) is 18.6. The lowest BCUT2D eigenvalue weighted by molar-refractivity contribution is -0.117. The minimum Gasteiger partial charge on any atom is -0.437 e. The molecule has 6 heteroatoms. The van der Waals surface area contributed by atoms with Crippen molar-refractivity contribution in [2.75, 3.05) is 0 Å². The summed E-state index contributed by atoms with van der Waals surface area (Å²) in [4.78, 5) is 20.2. The summed E-state index contributed by atoms with van der Waals surface area (Å²) in [6.45, 7) is 1.91. The molecule has 3 rings (SSSR count). The van der Waals surface area contributed by atoms with Crippen LogP contribution in [0.3, 0.4) is 0 Å². The van der Waals surface area contributed by atoms with Crippen LogP contribution < -0.4 is 10.1 Å². The van der Waals surface area contributed by atoms with E-state index in [1.807, 2.05) is 43.3 Å². The van der Waals surface area contributed by atoms with Gasteiger partial charge in [0.25, 0.3) is 0 Å². The van der Waals surface area contributed by atoms with Crippen LogP contribution in [0.4, 0.5) is 0 Å². The summed E-state index contributed by atoms with van der Waals surface area (Å²) in [6.07, 6.45) is 7.93. The average Bonchev–Trinajstić information content (AvgIpc) is 2.68. The molecular weight excluding hydrogens is 362 g/mol. The number of hydrogen-bond donors (Lipinski definition) is 1. The number of carbonyl (C=O) groups excluding carboxylic acids is 1. The van der Waals surface area contributed by atoms with Crippen molar-refractivity contribution >= 4 is 23.6 Å². The molecule has 1 N–H and O–H groups in total. The van der Waals surface area contributed by atoms with Crippen LogP contribution in [-0.2, 0) is 4.79 Å². The van der Waals surface area contributed by atoms with Gasteiger partial charge in [0.15, 0.2) is 0 Å². The van der Waals surface area contributed by atoms with Gasteiger partial charge in [0.05, 0.1) is 12.2 Å². The van der Waals surface area contributed by atoms with E-state index < -0.39 is 0 Å². The van der Waals surface area contributed by atoms with E-state index in [1.54, 1.807) is 36.8 Å². The van der Waals surface area contributed by atoms with Crippen LogP contribution >= 0.6 is 11.6 Å². The second-order valence-electron chi connectivity index (χ2n) is 5.83. The molecule has 5 nitrogen and oxygen atoms in total. The number of carbonyl (C=O) groups is 1. The van der Waals surface area contributed by atoms with E-state index in [0.717, 1.165) is 11.1 Å². The summed E-state index contributed by atoms with van der Waals surface area (Å²) in [5.74, 6) is 0.862. The fourth-order valence-electron chi connectivity index (χ4n) is 2.40. The predicted molar refractivity (Wildman–Crippen MR) is 106 cm³/mol. The van der Waals surface area contributed by atoms with Crippen LogP contribution in [-0.4, -0.2) is 15.9 Å². The molecule has 0 unspecified atom stereocenters. The maximum absolute atomic E-state index is 12.2. The molecule has 0 aliphatic rings. The molecule has 0 saturated carbocycles. The normalized spacial score (nSPS) is 11.9. The van der Waals surface area contributed by atoms with Gasteiger partial charge in [-0.15, -0.1) is 0 Å². The predicted octanol–water partition coefficient (Wildman–Crippen LogP) is 4.81. The number of aromatic nitrogens is 2. The maximum atomic E-state index is 12.2. The minimum absolute atomic E-state index is 0.183. The zero-order valence-electron chi connectivity index (χ0n) is 14.7. The molecule has 1 heterocycles. The summed E-state index contributed by atoms with van der Waals surface area (Å²) < 4.78 is 5.68. The number of benzene rings is 2. The molecule has 0 aliphatic heterocycles. The summed E-state index contributed by atoms with van der Waals surface area (Å²) >= 11 is 5.85. The summed E-state index contributed by atoms with van der Waals surface area (Å²) in [5.41, 5.74) is 1.83. The monoisotopic (exact) mass is 379 g/mol. The van der Waals surface area contributed by atoms with Gasteiger partial charge in [-0.1, -0.05) is 35.9 Å². The van der Waals surface area contributed by atoms with Crippen LogP contribution in [0, 0.1) is 0 Å². The Balaban J connectivity index is 1.61. The number of rotatable bonds is 6. The van der Waals surface area contributed by atoms with Crippen molar-refractivity contribution in [2.45, 2.75) is 13.0 Å². The van der Waals surface area contributed by atoms with Gasteiger partial charge in [-0.25, -0.2) is 4.98 Å². The molecule has 1 aromatic heterocycles. The third-order valence-corrected chi connectivity index (χ3v) is 4.03. The van der Waals surface area contributed by atoms with Crippen molar-refractivity contribution in [1.82, 2.24) is 15.3 Å². The van der Waals surface area contributed by atoms with Gasteiger partial charge in [0.2, 0.25) is 11.8 Å². The van der Waals surface area contributed by atoms with Crippen molar-refractivity contribution in [1.29, 1.82) is 0 Å². The molecule has 136 valence electrons. The molecule has 0 bridgehead atoms. The Bertz CT molecular complexity index is 928. The number of amides is 1. The highest BCUT2D eigenvalue weighted by atomic mass is 35.5. The molecule has 0 radical (unpaired) electrons. The molecule has 0 fully saturated rings. The van der Waals surface area contributed by atoms with Crippen molar-refractivity contribution in [3.05, 3.63) is 89.3 Å². The van der Waals surface area contributed by atoms with Crippen molar-refractivity contribution in [3.63, 3.8) is 0 Å². The number of halogens is 1. The number of nitrogens with zero attached hydrogens (tertiary/aromatic N) is 2. The van der Waals surface area contributed by atoms with E-state index in [2.05, 4.69) is 15.3 Å². The van der Waals surface area contributed by atoms with Gasteiger partial charge < -0.3 is 10.1 Å². The Kier molecular flexibility index (Phi) is 6.18. The van der Waals surface area contributed by atoms with Gasteiger partial charge in [0.1, 0.15) is 5.75 Å². The van der Waals surface area contributed by atoms with E-state index in [4.69, 9.17) is 16.3 Å². The van der Waals surface area contributed by atoms with Crippen LogP contribution in [0.25, 0.3) is 6.08 Å². The second-order valence-corrected chi connectivity index (χ2v) is 6.27. The van der Waals surface area contributed by atoms with Crippen LogP contribution in [0.15, 0.2) is 73.2 Å². The van der Waals surface area contributed by atoms with Gasteiger partial charge in [0, 0.05) is 23.5 Å². The lowest BCUT2D eigenvalue weighted by Crippen LogP contribution is -2.24. The topological polar surface area (TPSA) is 64.1 Å². The fourth-order valence-corrected chi connectivity index (χ4v) is 2.52. The fraction of sp³-hybridized carbons (Fsp3) is 0.0952. The minimum atomic E-state index is -0.183. The number of ether oxygens (including phenoxy) is 1. The van der Waals surface area contributed by atoms with E-state index in [9.17, 15) is 4.79 Å². The summed E-state index contributed by atoms with van der Waals surface area (Å²) in [6, 6.07) is 14.6. The van der Waals surface area contributed by atoms with E-state index in [1.165, 1.54) is 6.08 Å². The molecule has 0 saturated heterocycles. The smallest absolute Gasteiger partial charge is 0.244 e. The number of nitrogens with one attached hydrogen (secondary N) is 1. The van der Waals surface area contributed by atoms with Crippen molar-refractivity contribution in [3.8, 4) is 11.6 Å². The van der Waals surface area contributed by atoms with Crippen LogP contribution in [0.1, 0.15) is 24.1 Å². The van der Waals surface area contributed by atoms with Gasteiger partial charge in [-0.2, -0.15) is 0 Å². The lowest BCUT2D eigenvalue weighted by Gasteiger charge is -2.14. The molecule has 0 spiro atoms. The molecule has 2 aromatic carbocycles. The Morgan fingerprint density at radius 2 is 2.00 bits per heavy atom. The Morgan fingerprint density at radius 3 is 2.74 bits per heavy atom. The maximum Gasteiger partial charge on any atom is 0.244 e. The highest BCUT2D eigenvalue weighted by molar-refractivity contribution is 6.30. The molecule has 27 heavy (non-hydrogen) atoms. The van der Waals surface area contributed by atoms with Gasteiger partial charge >= 0.3 is 0 Å². The standard InChI is InChI=1S/C21H18ClN3O2/c1-15(25-20(26)10-7-16-5-8-18(22)9-6-16)17-3-2-4-19(13-17)27-21-14-23-11-12-24-21/h2-15H,1H3,(H,25,26)/t15-/m0/s1. The molecule has 1 atom stereocenters. The molecule has 1 amide bonds. The average molecular weight is 380 g/mol. The highest BCUT2D eigenvalue weighted by Crippen LogP contribution is 2.23. The Labute approximate surface area is 162 Å². The molecule has 0 aliphatic carbocycles. The first-order chi connectivity index (χ1) is 13.1. The van der Waals surface area contributed by atoms with Gasteiger partial charge in [-0.3, -0.25) is 9.78 Å². The van der Waals surface area contributed by atoms with E-state index in [-0.39, 0.29) is 11.9 Å². The summed E-state index contributed by atoms with van der Waals surface area (Å²) in [5, 5.41) is 3.59. The zero-order valence-corrected chi connectivity index (χ0v) is 15.4. The summed E-state index contributed by atoms with van der Waals surface area (Å²) in [7, 11) is 0. The Morgan fingerprint density at radius 1 is 1.19 bits per heavy atom. The van der Waals surface area contributed by atoms with Crippen molar-refractivity contribution in [2.24, 2.45) is 0 Å². The molecular formula is C21H18ClN3O2. The second kappa shape index (κ2) is 8.96.